The summed E-state index contributed by atoms with van der Waals surface area (Å²) >= 11 is 5.79. The van der Waals surface area contributed by atoms with Crippen LogP contribution in [0.2, 0.25) is 5.02 Å². The van der Waals surface area contributed by atoms with E-state index in [9.17, 15) is 14.7 Å². The highest BCUT2D eigenvalue weighted by molar-refractivity contribution is 6.31. The lowest BCUT2D eigenvalue weighted by atomic mass is 10.0. The number of carbonyl (C=O) groups is 2. The Morgan fingerprint density at radius 1 is 1.24 bits per heavy atom. The van der Waals surface area contributed by atoms with Gasteiger partial charge in [0.2, 0.25) is 6.23 Å². The quantitative estimate of drug-likeness (QED) is 0.858. The molecule has 3 rings (SSSR count). The molecule has 1 aliphatic heterocycles. The van der Waals surface area contributed by atoms with Crippen LogP contribution in [0.15, 0.2) is 42.5 Å². The second kappa shape index (κ2) is 5.10. The minimum atomic E-state index is -1.38. The first-order valence-corrected chi connectivity index (χ1v) is 6.51. The van der Waals surface area contributed by atoms with Crippen molar-refractivity contribution in [1.82, 2.24) is 0 Å². The summed E-state index contributed by atoms with van der Waals surface area (Å²) in [6.45, 7) is 0. The standard InChI is InChI=1S/C15H10ClNO4/c16-8-5-6-9(11(7-8)14(18)19)13-17-12-4-2-1-3-10(12)15(20)21-13/h1-7,13,17H,(H,18,19)/p-1/t13-/m1/s1. The molecule has 1 atom stereocenters. The first-order chi connectivity index (χ1) is 10.1. The van der Waals surface area contributed by atoms with Crippen LogP contribution in [0.4, 0.5) is 5.69 Å². The molecule has 2 aromatic carbocycles. The molecule has 0 fully saturated rings. The Labute approximate surface area is 125 Å². The highest BCUT2D eigenvalue weighted by atomic mass is 35.5. The molecule has 0 bridgehead atoms. The smallest absolute Gasteiger partial charge is 0.342 e. The van der Waals surface area contributed by atoms with Gasteiger partial charge in [0, 0.05) is 16.1 Å². The van der Waals surface area contributed by atoms with Crippen molar-refractivity contribution in [3.63, 3.8) is 0 Å². The fraction of sp³-hybridized carbons (Fsp3) is 0.0667. The molecule has 6 heteroatoms. The van der Waals surface area contributed by atoms with Crippen LogP contribution in [0.3, 0.4) is 0 Å². The lowest BCUT2D eigenvalue weighted by Crippen LogP contribution is -2.30. The van der Waals surface area contributed by atoms with Crippen LogP contribution in [0, 0.1) is 0 Å². The number of esters is 1. The number of para-hydroxylation sites is 1. The zero-order valence-electron chi connectivity index (χ0n) is 10.6. The SMILES string of the molecule is O=C1O[C@H](c2ccc(Cl)cc2C(=O)[O-])Nc2ccccc21. The maximum Gasteiger partial charge on any atom is 0.342 e. The van der Waals surface area contributed by atoms with E-state index in [1.807, 2.05) is 0 Å². The average molecular weight is 303 g/mol. The highest BCUT2D eigenvalue weighted by Crippen LogP contribution is 2.32. The number of cyclic esters (lactones) is 1. The van der Waals surface area contributed by atoms with Crippen molar-refractivity contribution < 1.29 is 19.4 Å². The lowest BCUT2D eigenvalue weighted by molar-refractivity contribution is -0.255. The van der Waals surface area contributed by atoms with E-state index in [1.165, 1.54) is 18.2 Å². The van der Waals surface area contributed by atoms with Gasteiger partial charge in [0.25, 0.3) is 0 Å². The lowest BCUT2D eigenvalue weighted by Gasteiger charge is -2.28. The fourth-order valence-electron chi connectivity index (χ4n) is 2.20. The van der Waals surface area contributed by atoms with Crippen molar-refractivity contribution in [1.29, 1.82) is 0 Å². The van der Waals surface area contributed by atoms with Crippen LogP contribution in [0.5, 0.6) is 0 Å². The third-order valence-corrected chi connectivity index (χ3v) is 3.41. The number of halogens is 1. The number of aromatic carboxylic acids is 1. The van der Waals surface area contributed by atoms with Gasteiger partial charge in [0.1, 0.15) is 0 Å². The van der Waals surface area contributed by atoms with E-state index in [-0.39, 0.29) is 16.1 Å². The molecule has 0 radical (unpaired) electrons. The first-order valence-electron chi connectivity index (χ1n) is 6.13. The van der Waals surface area contributed by atoms with E-state index < -0.39 is 18.2 Å². The Morgan fingerprint density at radius 3 is 2.76 bits per heavy atom. The number of hydrogen-bond acceptors (Lipinski definition) is 5. The Kier molecular flexibility index (Phi) is 3.27. The summed E-state index contributed by atoms with van der Waals surface area (Å²) in [5.74, 6) is -1.90. The molecule has 0 saturated carbocycles. The zero-order valence-corrected chi connectivity index (χ0v) is 11.4. The highest BCUT2D eigenvalue weighted by Gasteiger charge is 2.28. The third kappa shape index (κ3) is 2.43. The van der Waals surface area contributed by atoms with Gasteiger partial charge in [-0.25, -0.2) is 4.79 Å². The van der Waals surface area contributed by atoms with Crippen molar-refractivity contribution in [2.45, 2.75) is 6.23 Å². The molecule has 0 saturated heterocycles. The maximum absolute atomic E-state index is 12.0. The Bertz CT molecular complexity index is 744. The topological polar surface area (TPSA) is 78.5 Å². The van der Waals surface area contributed by atoms with Gasteiger partial charge in [0.15, 0.2) is 0 Å². The molecule has 21 heavy (non-hydrogen) atoms. The molecule has 0 unspecified atom stereocenters. The Morgan fingerprint density at radius 2 is 2.00 bits per heavy atom. The molecule has 0 amide bonds. The van der Waals surface area contributed by atoms with E-state index in [0.29, 0.717) is 11.3 Å². The summed E-state index contributed by atoms with van der Waals surface area (Å²) in [7, 11) is 0. The molecular formula is C15H9ClNO4-. The van der Waals surface area contributed by atoms with Gasteiger partial charge in [-0.15, -0.1) is 0 Å². The molecule has 1 N–H and O–H groups in total. The van der Waals surface area contributed by atoms with E-state index >= 15 is 0 Å². The van der Waals surface area contributed by atoms with E-state index in [0.717, 1.165) is 0 Å². The second-order valence-electron chi connectivity index (χ2n) is 4.49. The van der Waals surface area contributed by atoms with Crippen LogP contribution in [-0.2, 0) is 4.74 Å². The summed E-state index contributed by atoms with van der Waals surface area (Å²) in [5, 5.41) is 14.5. The van der Waals surface area contributed by atoms with Gasteiger partial charge in [-0.3, -0.25) is 0 Å². The summed E-state index contributed by atoms with van der Waals surface area (Å²) < 4.78 is 5.25. The Hall–Kier alpha value is -2.53. The van der Waals surface area contributed by atoms with Crippen molar-refractivity contribution in [3.8, 4) is 0 Å². The van der Waals surface area contributed by atoms with Crippen molar-refractivity contribution in [3.05, 3.63) is 64.2 Å². The minimum Gasteiger partial charge on any atom is -0.545 e. The summed E-state index contributed by atoms with van der Waals surface area (Å²) in [6.07, 6.45) is -0.905. The van der Waals surface area contributed by atoms with Gasteiger partial charge < -0.3 is 20.0 Å². The number of carboxylic acid groups (broad SMARTS) is 1. The number of hydrogen-bond donors (Lipinski definition) is 1. The molecule has 0 spiro atoms. The molecular weight excluding hydrogens is 294 g/mol. The van der Waals surface area contributed by atoms with Crippen LogP contribution in [0.25, 0.3) is 0 Å². The predicted molar refractivity (Wildman–Crippen MR) is 74.0 cm³/mol. The number of rotatable bonds is 2. The van der Waals surface area contributed by atoms with Crippen molar-refractivity contribution in [2.75, 3.05) is 5.32 Å². The van der Waals surface area contributed by atoms with Crippen LogP contribution < -0.4 is 10.4 Å². The maximum atomic E-state index is 12.0. The number of ether oxygens (including phenoxy) is 1. The van der Waals surface area contributed by atoms with Crippen LogP contribution in [0.1, 0.15) is 32.5 Å². The van der Waals surface area contributed by atoms with Gasteiger partial charge in [-0.05, 0) is 24.3 Å². The molecule has 106 valence electrons. The number of anilines is 1. The summed E-state index contributed by atoms with van der Waals surface area (Å²) in [5.41, 5.74) is 1.14. The molecule has 2 aromatic rings. The van der Waals surface area contributed by atoms with Gasteiger partial charge >= 0.3 is 5.97 Å². The monoisotopic (exact) mass is 302 g/mol. The van der Waals surface area contributed by atoms with Gasteiger partial charge in [0.05, 0.1) is 17.2 Å². The van der Waals surface area contributed by atoms with Crippen LogP contribution >= 0.6 is 11.6 Å². The number of fused-ring (bicyclic) bond motifs is 1. The number of carboxylic acids is 1. The predicted octanol–water partition coefficient (Wildman–Crippen LogP) is 1.98. The fourth-order valence-corrected chi connectivity index (χ4v) is 2.38. The third-order valence-electron chi connectivity index (χ3n) is 3.18. The van der Waals surface area contributed by atoms with E-state index in [1.54, 1.807) is 24.3 Å². The first kappa shape index (κ1) is 13.5. The van der Waals surface area contributed by atoms with Crippen LogP contribution in [-0.4, -0.2) is 11.9 Å². The number of benzene rings is 2. The second-order valence-corrected chi connectivity index (χ2v) is 4.93. The molecule has 0 aromatic heterocycles. The average Bonchev–Trinajstić information content (AvgIpc) is 2.47. The summed E-state index contributed by atoms with van der Waals surface area (Å²) in [4.78, 5) is 23.2. The molecule has 1 heterocycles. The Balaban J connectivity index is 2.04. The number of nitrogens with one attached hydrogen (secondary N) is 1. The molecule has 1 aliphatic rings. The van der Waals surface area contributed by atoms with Gasteiger partial charge in [-0.2, -0.15) is 0 Å². The largest absolute Gasteiger partial charge is 0.545 e. The zero-order chi connectivity index (χ0) is 15.0. The minimum absolute atomic E-state index is 0.118. The van der Waals surface area contributed by atoms with Gasteiger partial charge in [-0.1, -0.05) is 29.8 Å². The van der Waals surface area contributed by atoms with E-state index in [4.69, 9.17) is 16.3 Å². The molecule has 5 nitrogen and oxygen atoms in total. The normalized spacial score (nSPS) is 16.6. The van der Waals surface area contributed by atoms with Crippen molar-refractivity contribution >= 4 is 29.2 Å². The summed E-state index contributed by atoms with van der Waals surface area (Å²) in [6, 6.07) is 11.1. The van der Waals surface area contributed by atoms with E-state index in [2.05, 4.69) is 5.32 Å². The molecule has 0 aliphatic carbocycles. The number of carbonyl (C=O) groups excluding carboxylic acids is 2. The van der Waals surface area contributed by atoms with Crippen molar-refractivity contribution in [2.24, 2.45) is 0 Å².